The molecule has 0 fully saturated rings. The number of hydrogen-bond acceptors (Lipinski definition) is 7. The molecule has 0 saturated carbocycles. The van der Waals surface area contributed by atoms with Gasteiger partial charge in [-0.15, -0.1) is 0 Å². The molecule has 0 aliphatic carbocycles. The fraction of sp³-hybridized carbons (Fsp3) is 0.190. The second-order valence-electron chi connectivity index (χ2n) is 5.96. The monoisotopic (exact) mass is 411 g/mol. The van der Waals surface area contributed by atoms with Crippen molar-refractivity contribution in [3.63, 3.8) is 0 Å². The summed E-state index contributed by atoms with van der Waals surface area (Å²) in [6.07, 6.45) is 1.31. The number of carbonyl (C=O) groups is 2. The van der Waals surface area contributed by atoms with Gasteiger partial charge in [-0.05, 0) is 42.0 Å². The van der Waals surface area contributed by atoms with Gasteiger partial charge in [0.1, 0.15) is 18.5 Å². The van der Waals surface area contributed by atoms with Crippen LogP contribution in [-0.2, 0) is 9.53 Å². The van der Waals surface area contributed by atoms with Gasteiger partial charge in [0.25, 0.3) is 5.91 Å². The molecule has 1 atom stereocenters. The van der Waals surface area contributed by atoms with Gasteiger partial charge in [0.2, 0.25) is 0 Å². The van der Waals surface area contributed by atoms with Gasteiger partial charge in [-0.2, -0.15) is 5.26 Å². The third-order valence-electron chi connectivity index (χ3n) is 3.85. The van der Waals surface area contributed by atoms with Gasteiger partial charge in [0, 0.05) is 18.2 Å². The van der Waals surface area contributed by atoms with Gasteiger partial charge >= 0.3 is 6.09 Å². The third-order valence-corrected chi connectivity index (χ3v) is 3.85. The van der Waals surface area contributed by atoms with E-state index in [9.17, 15) is 9.59 Å². The number of rotatable bonds is 9. The third kappa shape index (κ3) is 7.27. The second-order valence-corrected chi connectivity index (χ2v) is 5.96. The first-order valence-corrected chi connectivity index (χ1v) is 8.97. The molecule has 9 heteroatoms. The van der Waals surface area contributed by atoms with Crippen molar-refractivity contribution in [3.05, 3.63) is 71.8 Å². The largest absolute Gasteiger partial charge is 0.491 e. The molecule has 0 aromatic heterocycles. The van der Waals surface area contributed by atoms with Crippen LogP contribution in [0.15, 0.2) is 60.7 Å². The molecule has 30 heavy (non-hydrogen) atoms. The quantitative estimate of drug-likeness (QED) is 0.282. The highest BCUT2D eigenvalue weighted by Crippen LogP contribution is 2.25. The van der Waals surface area contributed by atoms with E-state index in [1.807, 2.05) is 6.07 Å². The van der Waals surface area contributed by atoms with E-state index in [4.69, 9.17) is 25.0 Å². The SMILES string of the molecule is N#Cc1ccc(NC(=O)O[C@@H](C/C=C/C(=O)NO)c2ccc(OCCO)cc2)cc1. The number of ether oxygens (including phenoxy) is 2. The first kappa shape index (κ1) is 22.4. The lowest BCUT2D eigenvalue weighted by atomic mass is 10.1. The molecule has 4 N–H and O–H groups in total. The number of anilines is 1. The molecule has 0 spiro atoms. The van der Waals surface area contributed by atoms with Crippen LogP contribution in [0, 0.1) is 11.3 Å². The molecule has 0 aliphatic heterocycles. The summed E-state index contributed by atoms with van der Waals surface area (Å²) in [6, 6.07) is 15.0. The summed E-state index contributed by atoms with van der Waals surface area (Å²) in [6.45, 7) is 0.0476. The standard InChI is InChI=1S/C21H21N3O6/c22-14-15-4-8-17(9-5-15)23-21(27)30-19(2-1-3-20(26)24-28)16-6-10-18(11-7-16)29-13-12-25/h1,3-11,19,25,28H,2,12-13H2,(H,23,27)(H,24,26)/b3-1+/t19-/m0/s1. The zero-order valence-corrected chi connectivity index (χ0v) is 15.9. The minimum absolute atomic E-state index is 0.110. The van der Waals surface area contributed by atoms with Crippen LogP contribution >= 0.6 is 0 Å². The van der Waals surface area contributed by atoms with Crippen LogP contribution in [0.4, 0.5) is 10.5 Å². The molecule has 2 rings (SSSR count). The van der Waals surface area contributed by atoms with Crippen molar-refractivity contribution in [1.82, 2.24) is 5.48 Å². The Hall–Kier alpha value is -3.87. The zero-order chi connectivity index (χ0) is 21.8. The smallest absolute Gasteiger partial charge is 0.412 e. The van der Waals surface area contributed by atoms with Gasteiger partial charge in [0.05, 0.1) is 18.2 Å². The molecular weight excluding hydrogens is 390 g/mol. The Morgan fingerprint density at radius 2 is 1.83 bits per heavy atom. The first-order valence-electron chi connectivity index (χ1n) is 8.97. The number of amides is 2. The number of nitrogens with one attached hydrogen (secondary N) is 2. The molecular formula is C21H21N3O6. The Bertz CT molecular complexity index is 904. The van der Waals surface area contributed by atoms with E-state index in [-0.39, 0.29) is 19.6 Å². The highest BCUT2D eigenvalue weighted by Gasteiger charge is 2.16. The van der Waals surface area contributed by atoms with Crippen LogP contribution in [0.3, 0.4) is 0 Å². The van der Waals surface area contributed by atoms with Crippen LogP contribution in [0.2, 0.25) is 0 Å². The normalized spacial score (nSPS) is 11.4. The number of hydroxylamine groups is 1. The highest BCUT2D eigenvalue weighted by atomic mass is 16.6. The van der Waals surface area contributed by atoms with Crippen LogP contribution in [0.5, 0.6) is 5.75 Å². The van der Waals surface area contributed by atoms with Crippen LogP contribution in [-0.4, -0.2) is 35.5 Å². The minimum Gasteiger partial charge on any atom is -0.491 e. The molecule has 0 saturated heterocycles. The van der Waals surface area contributed by atoms with Gasteiger partial charge in [-0.1, -0.05) is 18.2 Å². The molecule has 2 amide bonds. The van der Waals surface area contributed by atoms with E-state index >= 15 is 0 Å². The fourth-order valence-corrected chi connectivity index (χ4v) is 2.43. The number of aliphatic hydroxyl groups is 1. The van der Waals surface area contributed by atoms with Crippen molar-refractivity contribution >= 4 is 17.7 Å². The molecule has 9 nitrogen and oxygen atoms in total. The van der Waals surface area contributed by atoms with Crippen LogP contribution < -0.4 is 15.5 Å². The maximum atomic E-state index is 12.3. The lowest BCUT2D eigenvalue weighted by molar-refractivity contribution is -0.124. The number of nitrogens with zero attached hydrogens (tertiary/aromatic N) is 1. The lowest BCUT2D eigenvalue weighted by Gasteiger charge is -2.18. The number of nitriles is 1. The number of benzene rings is 2. The number of carbonyl (C=O) groups excluding carboxylic acids is 2. The highest BCUT2D eigenvalue weighted by molar-refractivity contribution is 5.86. The van der Waals surface area contributed by atoms with Crippen molar-refractivity contribution in [1.29, 1.82) is 5.26 Å². The number of aliphatic hydroxyl groups excluding tert-OH is 1. The van der Waals surface area contributed by atoms with Gasteiger partial charge in [0.15, 0.2) is 0 Å². The van der Waals surface area contributed by atoms with Crippen LogP contribution in [0.1, 0.15) is 23.7 Å². The van der Waals surface area contributed by atoms with E-state index in [0.717, 1.165) is 6.08 Å². The number of hydrogen-bond donors (Lipinski definition) is 4. The van der Waals surface area contributed by atoms with Gasteiger partial charge in [-0.25, -0.2) is 10.3 Å². The van der Waals surface area contributed by atoms with Crippen molar-refractivity contribution in [2.24, 2.45) is 0 Å². The van der Waals surface area contributed by atoms with Crippen molar-refractivity contribution in [2.75, 3.05) is 18.5 Å². The van der Waals surface area contributed by atoms with E-state index in [1.54, 1.807) is 48.5 Å². The second kappa shape index (κ2) is 11.9. The molecule has 0 unspecified atom stereocenters. The van der Waals surface area contributed by atoms with Gasteiger partial charge < -0.3 is 14.6 Å². The van der Waals surface area contributed by atoms with E-state index in [0.29, 0.717) is 22.6 Å². The maximum absolute atomic E-state index is 12.3. The first-order chi connectivity index (χ1) is 14.5. The van der Waals surface area contributed by atoms with E-state index in [2.05, 4.69) is 5.32 Å². The molecule has 2 aromatic carbocycles. The predicted molar refractivity (Wildman–Crippen MR) is 107 cm³/mol. The fourth-order valence-electron chi connectivity index (χ4n) is 2.43. The molecule has 0 radical (unpaired) electrons. The summed E-state index contributed by atoms with van der Waals surface area (Å²) in [5.74, 6) is -0.160. The Labute approximate surface area is 173 Å². The summed E-state index contributed by atoms with van der Waals surface area (Å²) in [5.41, 5.74) is 3.05. The zero-order valence-electron chi connectivity index (χ0n) is 15.9. The van der Waals surface area contributed by atoms with Crippen molar-refractivity contribution < 1.29 is 29.4 Å². The van der Waals surface area contributed by atoms with Crippen molar-refractivity contribution in [2.45, 2.75) is 12.5 Å². The van der Waals surface area contributed by atoms with E-state index in [1.165, 1.54) is 11.6 Å². The van der Waals surface area contributed by atoms with Crippen LogP contribution in [0.25, 0.3) is 0 Å². The van der Waals surface area contributed by atoms with Crippen molar-refractivity contribution in [3.8, 4) is 11.8 Å². The minimum atomic E-state index is -0.724. The molecule has 0 bridgehead atoms. The summed E-state index contributed by atoms with van der Waals surface area (Å²) >= 11 is 0. The Morgan fingerprint density at radius 1 is 1.13 bits per heavy atom. The lowest BCUT2D eigenvalue weighted by Crippen LogP contribution is -2.18. The summed E-state index contributed by atoms with van der Waals surface area (Å²) in [5, 5.41) is 28.8. The average Bonchev–Trinajstić information content (AvgIpc) is 2.77. The van der Waals surface area contributed by atoms with E-state index < -0.39 is 18.1 Å². The topological polar surface area (TPSA) is 141 Å². The molecule has 0 aliphatic rings. The maximum Gasteiger partial charge on any atom is 0.412 e. The Morgan fingerprint density at radius 3 is 2.43 bits per heavy atom. The Kier molecular flexibility index (Phi) is 8.86. The van der Waals surface area contributed by atoms with Gasteiger partial charge in [-0.3, -0.25) is 15.3 Å². The molecule has 156 valence electrons. The summed E-state index contributed by atoms with van der Waals surface area (Å²) in [7, 11) is 0. The molecule has 0 heterocycles. The Balaban J connectivity index is 2.09. The summed E-state index contributed by atoms with van der Waals surface area (Å²) in [4.78, 5) is 23.5. The average molecular weight is 411 g/mol. The summed E-state index contributed by atoms with van der Waals surface area (Å²) < 4.78 is 10.8. The molecule has 2 aromatic rings. The predicted octanol–water partition coefficient (Wildman–Crippen LogP) is 2.67.